The number of benzene rings is 3. The van der Waals surface area contributed by atoms with E-state index in [9.17, 15) is 53.6 Å². The fraction of sp³-hybridized carbons (Fsp3) is 0.635. The topological polar surface area (TPSA) is 359 Å². The van der Waals surface area contributed by atoms with E-state index in [2.05, 4.69) is 40.5 Å². The van der Waals surface area contributed by atoms with Crippen LogP contribution in [0.25, 0.3) is 0 Å². The summed E-state index contributed by atoms with van der Waals surface area (Å²) in [6.07, 6.45) is -0.206. The van der Waals surface area contributed by atoms with Crippen molar-refractivity contribution in [3.63, 3.8) is 0 Å². The summed E-state index contributed by atoms with van der Waals surface area (Å²) in [5.74, 6) is -1.42. The Morgan fingerprint density at radius 3 is 1.05 bits per heavy atom. The minimum absolute atomic E-state index is 0.00636. The van der Waals surface area contributed by atoms with E-state index in [1.807, 2.05) is 0 Å². The molecule has 3 aromatic rings. The van der Waals surface area contributed by atoms with Crippen LogP contribution in [0.2, 0.25) is 0 Å². The van der Waals surface area contributed by atoms with Gasteiger partial charge in [0.1, 0.15) is 35.0 Å². The zero-order valence-electron chi connectivity index (χ0n) is 65.4. The third-order valence-electron chi connectivity index (χ3n) is 13.6. The SMILES string of the molecule is CC(C)C.CC(C)C(=O)OC(=O)C(C)C.COCCOCCOCCOc1cccc(C2=N[C@@](C)(C(=O)O)CS2)c1O.COCCOCCOCCOc1cccc(C2=N[C@@](C)(C(=O)O)CS2)c1OC(=O)C(C)C.COCCOCCOCCOc1cccc(C2=N[C@@](C)(C(=O)OC(C)C)CS2)c1O.[2H]CF. The summed E-state index contributed by atoms with van der Waals surface area (Å²) in [6, 6.07) is 15.5. The van der Waals surface area contributed by atoms with E-state index in [0.29, 0.717) is 165 Å². The van der Waals surface area contributed by atoms with E-state index in [1.54, 1.807) is 152 Å². The van der Waals surface area contributed by atoms with Crippen molar-refractivity contribution in [2.75, 3.05) is 165 Å². The lowest BCUT2D eigenvalue weighted by Crippen LogP contribution is -2.37. The number of methoxy groups -OCH3 is 3. The zero-order chi connectivity index (χ0) is 80.5. The molecule has 3 heterocycles. The van der Waals surface area contributed by atoms with E-state index >= 15 is 0 Å². The number of carboxylic acids is 2. The Morgan fingerprint density at radius 1 is 0.453 bits per heavy atom. The number of aliphatic imine (C=N–C) groups is 3. The lowest BCUT2D eigenvalue weighted by atomic mass is 10.1. The highest BCUT2D eigenvalue weighted by Gasteiger charge is 2.43. The Labute approximate surface area is 637 Å². The first-order chi connectivity index (χ1) is 50.7. The Morgan fingerprint density at radius 2 is 0.736 bits per heavy atom. The number of aliphatic carboxylic acids is 2. The van der Waals surface area contributed by atoms with Crippen molar-refractivity contribution < 1.29 is 126 Å². The quantitative estimate of drug-likeness (QED) is 0.0177. The number of hydrogen-bond donors (Lipinski definition) is 4. The molecule has 6 rings (SSSR count). The van der Waals surface area contributed by atoms with Gasteiger partial charge in [-0.05, 0) is 76.9 Å². The van der Waals surface area contributed by atoms with Crippen LogP contribution in [0.1, 0.15) is 115 Å². The summed E-state index contributed by atoms with van der Waals surface area (Å²) in [6.45, 7) is 33.0. The van der Waals surface area contributed by atoms with E-state index in [1.165, 1.54) is 35.3 Å². The number of phenolic OH excluding ortho intramolecular Hbond substituents is 2. The average Bonchev–Trinajstić information content (AvgIpc) is 1.70. The maximum atomic E-state index is 12.3. The molecule has 0 saturated carbocycles. The zero-order valence-corrected chi connectivity index (χ0v) is 66.9. The summed E-state index contributed by atoms with van der Waals surface area (Å²) in [4.78, 5) is 82.4. The molecule has 106 heavy (non-hydrogen) atoms. The van der Waals surface area contributed by atoms with Gasteiger partial charge in [-0.25, -0.2) is 14.4 Å². The summed E-state index contributed by atoms with van der Waals surface area (Å²) >= 11 is 4.02. The molecule has 0 amide bonds. The van der Waals surface area contributed by atoms with Gasteiger partial charge in [-0.2, -0.15) is 0 Å². The number of halogens is 1. The van der Waals surface area contributed by atoms with Crippen molar-refractivity contribution >= 4 is 86.2 Å². The largest absolute Gasteiger partial charge is 0.504 e. The second kappa shape index (κ2) is 54.0. The van der Waals surface area contributed by atoms with Crippen LogP contribution in [-0.4, -0.2) is 259 Å². The molecule has 4 N–H and O–H groups in total. The highest BCUT2D eigenvalue weighted by molar-refractivity contribution is 8.15. The predicted molar refractivity (Wildman–Crippen MR) is 407 cm³/mol. The fourth-order valence-corrected chi connectivity index (χ4v) is 11.2. The summed E-state index contributed by atoms with van der Waals surface area (Å²) in [5.41, 5.74) is -1.84. The van der Waals surface area contributed by atoms with E-state index in [-0.39, 0.29) is 66.9 Å². The maximum absolute atomic E-state index is 12.3. The molecule has 3 aromatic carbocycles. The number of phenols is 2. The number of nitrogens with zero attached hydrogens (tertiary/aromatic N) is 3. The van der Waals surface area contributed by atoms with Gasteiger partial charge in [-0.1, -0.05) is 80.5 Å². The molecule has 0 fully saturated rings. The molecule has 32 heteroatoms. The van der Waals surface area contributed by atoms with Crippen LogP contribution in [0.4, 0.5) is 4.39 Å². The monoisotopic (exact) mass is 1560 g/mol. The number of para-hydroxylation sites is 3. The van der Waals surface area contributed by atoms with Crippen molar-refractivity contribution in [1.82, 2.24) is 0 Å². The van der Waals surface area contributed by atoms with Gasteiger partial charge < -0.3 is 91.5 Å². The van der Waals surface area contributed by atoms with Crippen molar-refractivity contribution in [3.8, 4) is 34.5 Å². The molecule has 3 atom stereocenters. The first-order valence-electron chi connectivity index (χ1n) is 35.2. The molecule has 0 saturated heterocycles. The molecular weight excluding hydrogens is 1450 g/mol. The molecule has 0 bridgehead atoms. The second-order valence-corrected chi connectivity index (χ2v) is 28.4. The minimum atomic E-state index is -1.23. The first kappa shape index (κ1) is 95.4. The molecule has 0 aromatic heterocycles. The van der Waals surface area contributed by atoms with Gasteiger partial charge in [-0.15, -0.1) is 35.3 Å². The number of carbonyl (C=O) groups excluding carboxylic acids is 4. The van der Waals surface area contributed by atoms with Gasteiger partial charge in [0.05, 0.1) is 148 Å². The lowest BCUT2D eigenvalue weighted by molar-refractivity contribution is -0.164. The number of alkyl halides is 1. The molecule has 3 aliphatic rings. The van der Waals surface area contributed by atoms with Gasteiger partial charge >= 0.3 is 35.8 Å². The number of rotatable bonds is 41. The number of thioether (sulfide) groups is 3. The molecule has 600 valence electrons. The molecule has 0 radical (unpaired) electrons. The Hall–Kier alpha value is -6.69. The first-order valence-corrected chi connectivity index (χ1v) is 37.5. The molecule has 28 nitrogen and oxygen atoms in total. The van der Waals surface area contributed by atoms with Crippen LogP contribution in [-0.2, 0) is 80.9 Å². The summed E-state index contributed by atoms with van der Waals surface area (Å²) in [7, 11) is 3.85. The van der Waals surface area contributed by atoms with E-state index in [0.717, 1.165) is 5.92 Å². The highest BCUT2D eigenvalue weighted by atomic mass is 32.2. The van der Waals surface area contributed by atoms with Gasteiger partial charge in [0.25, 0.3) is 0 Å². The molecule has 3 aliphatic heterocycles. The molecular formula is C74H114FN3O25S3. The number of carboxylic acid groups (broad SMARTS) is 2. The highest BCUT2D eigenvalue weighted by Crippen LogP contribution is 2.42. The van der Waals surface area contributed by atoms with Gasteiger partial charge in [0.2, 0.25) is 0 Å². The third kappa shape index (κ3) is 37.4. The third-order valence-corrected chi connectivity index (χ3v) is 17.4. The number of aromatic hydroxyl groups is 2. The normalized spacial score (nSPS) is 17.1. The van der Waals surface area contributed by atoms with Crippen LogP contribution in [0, 0.1) is 23.7 Å². The van der Waals surface area contributed by atoms with Crippen molar-refractivity contribution in [2.45, 2.75) is 120 Å². The summed E-state index contributed by atoms with van der Waals surface area (Å²) < 4.78 is 94.9. The second-order valence-electron chi connectivity index (χ2n) is 25.5. The van der Waals surface area contributed by atoms with Gasteiger partial charge in [0, 0.05) is 38.6 Å². The van der Waals surface area contributed by atoms with Crippen molar-refractivity contribution in [3.05, 3.63) is 71.3 Å². The lowest BCUT2D eigenvalue weighted by Gasteiger charge is -2.19. The molecule has 0 unspecified atom stereocenters. The van der Waals surface area contributed by atoms with Crippen LogP contribution < -0.4 is 18.9 Å². The van der Waals surface area contributed by atoms with Crippen LogP contribution in [0.15, 0.2) is 69.6 Å². The standard InChI is InChI=1S/C22H31NO8S.C21H31NO7S.C18H25NO7S.C8H14O3.C4H10.CH3F/c1-15(2)20(24)31-18-16(19-23-22(3,14-32-19)21(25)26)6-5-7-17(18)30-13-12-29-11-10-28-9-8-27-4;1-15(2)29-20(24)21(3)14-30-19(22-21)16-6-5-7-17(18(16)23)28-13-12-27-11-10-26-9-8-25-4;1-18(17(21)22)12-27-16(19-18)13-4-3-5-14(15(13)20)26-11-10-25-9-8-24-7-6-23-2;1-5(2)7(9)11-8(10)6(3)4;1-4(2)3;1-2/h5-7,15H,8-14H2,1-4H3,(H,25,26);5-7,15,23H,8-14H2,1-4H3;3-5,20H,6-12H2,1-2H3,(H,21,22);5-6H,1-4H3;4H,1-3H3;1H3/t22-;21-;18-;;;/m111.../s1/i;;;;;1D. The maximum Gasteiger partial charge on any atom is 0.334 e. The fourth-order valence-electron chi connectivity index (χ4n) is 7.67. The number of hydrogen-bond acceptors (Lipinski definition) is 29. The Kier molecular flexibility index (Phi) is 48.6. The summed E-state index contributed by atoms with van der Waals surface area (Å²) in [5, 5.41) is 41.4. The molecule has 0 aliphatic carbocycles. The van der Waals surface area contributed by atoms with E-state index in [4.69, 9.17) is 67.7 Å². The van der Waals surface area contributed by atoms with Crippen LogP contribution >= 0.6 is 35.3 Å². The minimum Gasteiger partial charge on any atom is -0.504 e. The number of esters is 4. The average molecular weight is 1560 g/mol. The van der Waals surface area contributed by atoms with Gasteiger partial charge in [0.15, 0.2) is 51.1 Å². The van der Waals surface area contributed by atoms with E-state index < -0.39 is 53.6 Å². The van der Waals surface area contributed by atoms with Crippen molar-refractivity contribution in [2.24, 2.45) is 38.6 Å². The Bertz CT molecular complexity index is 3200. The van der Waals surface area contributed by atoms with Crippen LogP contribution in [0.3, 0.4) is 0 Å². The smallest absolute Gasteiger partial charge is 0.334 e. The Balaban J connectivity index is 0.000000720. The predicted octanol–water partition coefficient (Wildman–Crippen LogP) is 10.7. The number of ether oxygens (including phenoxy) is 15. The number of carbonyl (C=O) groups is 6. The van der Waals surface area contributed by atoms with Gasteiger partial charge in [-0.3, -0.25) is 33.8 Å². The van der Waals surface area contributed by atoms with Crippen molar-refractivity contribution in [1.29, 1.82) is 0 Å². The molecule has 0 spiro atoms. The van der Waals surface area contributed by atoms with Crippen LogP contribution in [0.5, 0.6) is 34.5 Å².